The van der Waals surface area contributed by atoms with Crippen molar-refractivity contribution in [2.45, 2.75) is 38.6 Å². The highest BCUT2D eigenvalue weighted by atomic mass is 35.5. The van der Waals surface area contributed by atoms with Crippen LogP contribution in [0.5, 0.6) is 0 Å². The van der Waals surface area contributed by atoms with Gasteiger partial charge in [-0.1, -0.05) is 13.8 Å². The van der Waals surface area contributed by atoms with Crippen molar-refractivity contribution in [2.75, 3.05) is 19.8 Å². The summed E-state index contributed by atoms with van der Waals surface area (Å²) in [7, 11) is 0. The van der Waals surface area contributed by atoms with Crippen LogP contribution in [0.15, 0.2) is 5.38 Å². The van der Waals surface area contributed by atoms with Gasteiger partial charge in [-0.05, 0) is 19.8 Å². The molecule has 0 saturated carbocycles. The van der Waals surface area contributed by atoms with Crippen LogP contribution in [0.3, 0.4) is 0 Å². The van der Waals surface area contributed by atoms with E-state index in [1.165, 1.54) is 0 Å². The standard InChI is InChI=1S/C14H21ClN2O2S/c1-5-19-7-6-17-13(18)12(15)14(17,9(2)3)11-8-20-10(4)16-11/h8-9,12H,5-7H2,1-4H3. The first kappa shape index (κ1) is 15.7. The van der Waals surface area contributed by atoms with E-state index < -0.39 is 10.9 Å². The predicted molar refractivity (Wildman–Crippen MR) is 81.2 cm³/mol. The van der Waals surface area contributed by atoms with E-state index in [9.17, 15) is 4.79 Å². The van der Waals surface area contributed by atoms with Gasteiger partial charge in [0.05, 0.1) is 17.3 Å². The van der Waals surface area contributed by atoms with Gasteiger partial charge in [0.25, 0.3) is 0 Å². The molecule has 1 saturated heterocycles. The topological polar surface area (TPSA) is 42.4 Å². The number of amides is 1. The van der Waals surface area contributed by atoms with E-state index in [2.05, 4.69) is 18.8 Å². The third-order valence-electron chi connectivity index (χ3n) is 3.89. The van der Waals surface area contributed by atoms with Crippen molar-refractivity contribution < 1.29 is 9.53 Å². The van der Waals surface area contributed by atoms with Crippen molar-refractivity contribution >= 4 is 28.8 Å². The molecule has 1 aliphatic rings. The van der Waals surface area contributed by atoms with Crippen LogP contribution in [0.25, 0.3) is 0 Å². The molecule has 2 atom stereocenters. The lowest BCUT2D eigenvalue weighted by atomic mass is 9.72. The number of ether oxygens (including phenoxy) is 1. The summed E-state index contributed by atoms with van der Waals surface area (Å²) in [5, 5.41) is 2.48. The lowest BCUT2D eigenvalue weighted by Crippen LogP contribution is -2.72. The van der Waals surface area contributed by atoms with Crippen LogP contribution in [0.1, 0.15) is 31.5 Å². The van der Waals surface area contributed by atoms with E-state index in [4.69, 9.17) is 16.3 Å². The molecular weight excluding hydrogens is 296 g/mol. The van der Waals surface area contributed by atoms with Crippen molar-refractivity contribution in [1.82, 2.24) is 9.88 Å². The fourth-order valence-electron chi connectivity index (χ4n) is 2.89. The highest BCUT2D eigenvalue weighted by molar-refractivity contribution is 7.09. The predicted octanol–water partition coefficient (Wildman–Crippen LogP) is 2.79. The Hall–Kier alpha value is -0.650. The van der Waals surface area contributed by atoms with Gasteiger partial charge in [-0.15, -0.1) is 22.9 Å². The molecule has 0 aromatic carbocycles. The molecule has 1 aromatic rings. The minimum atomic E-state index is -0.536. The number of carbonyl (C=O) groups is 1. The maximum atomic E-state index is 12.2. The van der Waals surface area contributed by atoms with Crippen LogP contribution in [0, 0.1) is 12.8 Å². The fourth-order valence-corrected chi connectivity index (χ4v) is 4.16. The molecule has 6 heteroatoms. The number of aryl methyl sites for hydroxylation is 1. The van der Waals surface area contributed by atoms with Gasteiger partial charge in [0.1, 0.15) is 10.9 Å². The van der Waals surface area contributed by atoms with Gasteiger partial charge in [-0.3, -0.25) is 4.79 Å². The van der Waals surface area contributed by atoms with Crippen molar-refractivity contribution in [3.05, 3.63) is 16.1 Å². The Morgan fingerprint density at radius 2 is 2.30 bits per heavy atom. The summed E-state index contributed by atoms with van der Waals surface area (Å²) in [4.78, 5) is 18.6. The average molecular weight is 317 g/mol. The number of rotatable bonds is 6. The van der Waals surface area contributed by atoms with Crippen LogP contribution in [-0.2, 0) is 15.1 Å². The molecule has 1 aliphatic heterocycles. The normalized spacial score (nSPS) is 26.2. The molecule has 2 heterocycles. The van der Waals surface area contributed by atoms with Gasteiger partial charge < -0.3 is 9.64 Å². The Morgan fingerprint density at radius 3 is 2.80 bits per heavy atom. The smallest absolute Gasteiger partial charge is 0.244 e. The van der Waals surface area contributed by atoms with Gasteiger partial charge in [0.2, 0.25) is 5.91 Å². The zero-order valence-electron chi connectivity index (χ0n) is 12.4. The third-order valence-corrected chi connectivity index (χ3v) is 5.18. The summed E-state index contributed by atoms with van der Waals surface area (Å²) < 4.78 is 5.38. The van der Waals surface area contributed by atoms with Crippen molar-refractivity contribution in [3.63, 3.8) is 0 Å². The Labute approximate surface area is 129 Å². The first-order valence-corrected chi connectivity index (χ1v) is 8.23. The average Bonchev–Trinajstić information content (AvgIpc) is 2.83. The number of aromatic nitrogens is 1. The van der Waals surface area contributed by atoms with Crippen molar-refractivity contribution in [1.29, 1.82) is 0 Å². The van der Waals surface area contributed by atoms with E-state index in [1.54, 1.807) is 11.3 Å². The van der Waals surface area contributed by atoms with Gasteiger partial charge in [0, 0.05) is 18.5 Å². The number of likely N-dealkylation sites (tertiary alicyclic amines) is 1. The molecule has 112 valence electrons. The Kier molecular flexibility index (Phi) is 4.72. The number of carbonyl (C=O) groups excluding carboxylic acids is 1. The van der Waals surface area contributed by atoms with E-state index in [0.717, 1.165) is 10.7 Å². The molecule has 0 aliphatic carbocycles. The van der Waals surface area contributed by atoms with Crippen LogP contribution >= 0.6 is 22.9 Å². The first-order chi connectivity index (χ1) is 9.46. The van der Waals surface area contributed by atoms with Crippen LogP contribution in [-0.4, -0.2) is 40.9 Å². The molecule has 0 bridgehead atoms. The molecule has 2 unspecified atom stereocenters. The quantitative estimate of drug-likeness (QED) is 0.460. The Balaban J connectivity index is 2.31. The molecule has 20 heavy (non-hydrogen) atoms. The lowest BCUT2D eigenvalue weighted by molar-refractivity contribution is -0.164. The summed E-state index contributed by atoms with van der Waals surface area (Å²) in [5.41, 5.74) is 0.409. The highest BCUT2D eigenvalue weighted by Crippen LogP contribution is 2.49. The Morgan fingerprint density at radius 1 is 1.60 bits per heavy atom. The second kappa shape index (κ2) is 6.00. The van der Waals surface area contributed by atoms with Crippen LogP contribution in [0.2, 0.25) is 0 Å². The van der Waals surface area contributed by atoms with Gasteiger partial charge in [-0.25, -0.2) is 4.98 Å². The zero-order chi connectivity index (χ0) is 14.9. The molecule has 4 nitrogen and oxygen atoms in total. The zero-order valence-corrected chi connectivity index (χ0v) is 13.9. The number of alkyl halides is 1. The third kappa shape index (κ3) is 2.26. The number of hydrogen-bond donors (Lipinski definition) is 0. The highest BCUT2D eigenvalue weighted by Gasteiger charge is 2.62. The number of thiazole rings is 1. The summed E-state index contributed by atoms with van der Waals surface area (Å²) >= 11 is 7.99. The molecule has 0 N–H and O–H groups in total. The van der Waals surface area contributed by atoms with Crippen LogP contribution < -0.4 is 0 Å². The summed E-state index contributed by atoms with van der Waals surface area (Å²) in [6.07, 6.45) is 0. The SMILES string of the molecule is CCOCCN1C(=O)C(Cl)C1(c1csc(C)n1)C(C)C. The molecule has 0 radical (unpaired) electrons. The maximum absolute atomic E-state index is 12.2. The lowest BCUT2D eigenvalue weighted by Gasteiger charge is -2.57. The molecule has 1 aromatic heterocycles. The molecule has 2 rings (SSSR count). The van der Waals surface area contributed by atoms with E-state index in [0.29, 0.717) is 19.8 Å². The minimum Gasteiger partial charge on any atom is -0.380 e. The van der Waals surface area contributed by atoms with Crippen molar-refractivity contribution in [2.24, 2.45) is 5.92 Å². The molecule has 0 spiro atoms. The van der Waals surface area contributed by atoms with E-state index in [-0.39, 0.29) is 11.8 Å². The van der Waals surface area contributed by atoms with Gasteiger partial charge in [-0.2, -0.15) is 0 Å². The van der Waals surface area contributed by atoms with E-state index >= 15 is 0 Å². The second-order valence-electron chi connectivity index (χ2n) is 5.28. The van der Waals surface area contributed by atoms with Crippen molar-refractivity contribution in [3.8, 4) is 0 Å². The number of halogens is 1. The van der Waals surface area contributed by atoms with Gasteiger partial charge in [0.15, 0.2) is 0 Å². The second-order valence-corrected chi connectivity index (χ2v) is 6.78. The molecular formula is C14H21ClN2O2S. The number of nitrogens with zero attached hydrogens (tertiary/aromatic N) is 2. The summed E-state index contributed by atoms with van der Waals surface area (Å²) in [6.45, 7) is 9.83. The number of hydrogen-bond acceptors (Lipinski definition) is 4. The van der Waals surface area contributed by atoms with Gasteiger partial charge >= 0.3 is 0 Å². The summed E-state index contributed by atoms with van der Waals surface area (Å²) in [5.74, 6) is 0.177. The molecule has 1 amide bonds. The maximum Gasteiger partial charge on any atom is 0.244 e. The monoisotopic (exact) mass is 316 g/mol. The molecule has 1 fully saturated rings. The Bertz CT molecular complexity index is 491. The van der Waals surface area contributed by atoms with Crippen LogP contribution in [0.4, 0.5) is 0 Å². The largest absolute Gasteiger partial charge is 0.380 e. The number of β-lactam (4-membered cyclic amide) rings is 1. The fraction of sp³-hybridized carbons (Fsp3) is 0.714. The summed E-state index contributed by atoms with van der Waals surface area (Å²) in [6, 6.07) is 0. The first-order valence-electron chi connectivity index (χ1n) is 6.92. The van der Waals surface area contributed by atoms with E-state index in [1.807, 2.05) is 24.1 Å². The minimum absolute atomic E-state index is 0.0225.